The molecule has 0 unspecified atom stereocenters. The van der Waals surface area contributed by atoms with Crippen LogP contribution in [0.25, 0.3) is 10.9 Å². The second kappa shape index (κ2) is 7.02. The number of fused-ring (bicyclic) bond motifs is 2. The van der Waals surface area contributed by atoms with Gasteiger partial charge in [-0.2, -0.15) is 0 Å². The van der Waals surface area contributed by atoms with E-state index in [-0.39, 0.29) is 20.0 Å². The van der Waals surface area contributed by atoms with E-state index in [0.717, 1.165) is 40.7 Å². The Bertz CT molecular complexity index is 1240. The highest BCUT2D eigenvalue weighted by atomic mass is 16.7. The van der Waals surface area contributed by atoms with E-state index >= 15 is 0 Å². The summed E-state index contributed by atoms with van der Waals surface area (Å²) < 4.78 is 10.9. The van der Waals surface area contributed by atoms with Crippen molar-refractivity contribution < 1.29 is 20.5 Å². The van der Waals surface area contributed by atoms with E-state index in [9.17, 15) is 9.59 Å². The molecule has 168 valence electrons. The number of hydrogen-bond acceptors (Lipinski definition) is 4. The summed E-state index contributed by atoms with van der Waals surface area (Å²) in [5.74, 6) is 1.42. The summed E-state index contributed by atoms with van der Waals surface area (Å²) in [5, 5.41) is 4.04. The number of anilines is 1. The Hall–Kier alpha value is -3.48. The summed E-state index contributed by atoms with van der Waals surface area (Å²) in [6.45, 7) is 4.03. The molecule has 2 amide bonds. The Morgan fingerprint density at radius 3 is 2.53 bits per heavy atom. The zero-order valence-electron chi connectivity index (χ0n) is 18.7. The summed E-state index contributed by atoms with van der Waals surface area (Å²) >= 11 is 0. The van der Waals surface area contributed by atoms with Gasteiger partial charge in [-0.25, -0.2) is 0 Å². The van der Waals surface area contributed by atoms with Crippen molar-refractivity contribution >= 4 is 28.4 Å². The highest BCUT2D eigenvalue weighted by molar-refractivity contribution is 6.02. The lowest BCUT2D eigenvalue weighted by atomic mass is 9.88. The third kappa shape index (κ3) is 3.20. The molecular weight excluding hydrogens is 406 g/mol. The number of carbonyl (C=O) groups is 2. The van der Waals surface area contributed by atoms with Crippen molar-refractivity contribution in [1.29, 1.82) is 0 Å². The van der Waals surface area contributed by atoms with Crippen LogP contribution in [0.4, 0.5) is 5.69 Å². The maximum Gasteiger partial charge on any atom is 0.235 e. The zero-order valence-corrected chi connectivity index (χ0v) is 18.7. The Labute approximate surface area is 188 Å². The number of likely N-dealkylation sites (N-methyl/N-ethyl adjacent to an activating group) is 1. The number of hydrogen-bond donors (Lipinski definition) is 2. The number of aromatic amines is 1. The van der Waals surface area contributed by atoms with Gasteiger partial charge in [0.25, 0.3) is 0 Å². The summed E-state index contributed by atoms with van der Waals surface area (Å²) in [5.41, 5.74) is 2.25. The first-order valence-corrected chi connectivity index (χ1v) is 10.8. The Balaban J connectivity index is 0.00000259. The molecule has 5 rings (SSSR count). The van der Waals surface area contributed by atoms with E-state index in [1.165, 1.54) is 0 Å². The molecule has 1 fully saturated rings. The predicted octanol–water partition coefficient (Wildman–Crippen LogP) is 4.18. The van der Waals surface area contributed by atoms with E-state index in [0.29, 0.717) is 11.5 Å². The molecule has 1 saturated carbocycles. The van der Waals surface area contributed by atoms with Crippen LogP contribution in [-0.2, 0) is 20.4 Å². The summed E-state index contributed by atoms with van der Waals surface area (Å²) in [4.78, 5) is 30.8. The molecule has 0 atom stereocenters. The minimum absolute atomic E-state index is 0. The van der Waals surface area contributed by atoms with Crippen LogP contribution in [0.3, 0.4) is 0 Å². The van der Waals surface area contributed by atoms with Gasteiger partial charge in [0.1, 0.15) is 0 Å². The minimum atomic E-state index is -0.677. The van der Waals surface area contributed by atoms with E-state index < -0.39 is 10.8 Å². The topological polar surface area (TPSA) is 83.7 Å². The van der Waals surface area contributed by atoms with Crippen molar-refractivity contribution in [1.82, 2.24) is 9.88 Å². The lowest BCUT2D eigenvalue weighted by Crippen LogP contribution is -2.39. The first kappa shape index (κ1) is 20.4. The van der Waals surface area contributed by atoms with Gasteiger partial charge in [-0.1, -0.05) is 6.07 Å². The van der Waals surface area contributed by atoms with Gasteiger partial charge in [0.15, 0.2) is 11.5 Å². The molecule has 3 aromatic rings. The molecule has 2 N–H and O–H groups in total. The number of nitrogens with one attached hydrogen (secondary N) is 2. The van der Waals surface area contributed by atoms with Crippen LogP contribution in [0.1, 0.15) is 39.4 Å². The quantitative estimate of drug-likeness (QED) is 0.630. The molecule has 1 aliphatic heterocycles. The molecule has 1 aliphatic carbocycles. The van der Waals surface area contributed by atoms with Crippen LogP contribution < -0.4 is 14.8 Å². The molecule has 1 aromatic heterocycles. The predicted molar refractivity (Wildman–Crippen MR) is 124 cm³/mol. The lowest BCUT2D eigenvalue weighted by Gasteiger charge is -2.26. The van der Waals surface area contributed by atoms with Crippen LogP contribution in [-0.4, -0.2) is 42.6 Å². The van der Waals surface area contributed by atoms with Gasteiger partial charge < -0.3 is 24.7 Å². The molecule has 7 nitrogen and oxygen atoms in total. The van der Waals surface area contributed by atoms with Gasteiger partial charge in [0.05, 0.1) is 10.8 Å². The largest absolute Gasteiger partial charge is 0.454 e. The van der Waals surface area contributed by atoms with Crippen LogP contribution in [0.2, 0.25) is 0 Å². The molecule has 0 radical (unpaired) electrons. The van der Waals surface area contributed by atoms with E-state index in [2.05, 4.69) is 10.3 Å². The molecule has 2 heterocycles. The number of amides is 2. The highest BCUT2D eigenvalue weighted by Gasteiger charge is 2.51. The molecule has 2 aromatic carbocycles. The van der Waals surface area contributed by atoms with E-state index in [1.54, 1.807) is 19.0 Å². The number of ether oxygens (including phenoxy) is 2. The van der Waals surface area contributed by atoms with Crippen molar-refractivity contribution in [3.8, 4) is 11.5 Å². The normalized spacial score (nSPS) is 16.1. The molecule has 7 heteroatoms. The van der Waals surface area contributed by atoms with E-state index in [1.807, 2.05) is 56.3 Å². The Morgan fingerprint density at radius 1 is 1.06 bits per heavy atom. The van der Waals surface area contributed by atoms with Crippen molar-refractivity contribution in [2.75, 3.05) is 26.2 Å². The molecule has 2 aliphatic rings. The number of H-pyrrole nitrogens is 1. The maximum atomic E-state index is 13.2. The van der Waals surface area contributed by atoms with Crippen molar-refractivity contribution in [2.45, 2.75) is 37.5 Å². The minimum Gasteiger partial charge on any atom is -0.454 e. The molecule has 0 bridgehead atoms. The number of carbonyl (C=O) groups excluding carboxylic acids is 2. The fourth-order valence-corrected chi connectivity index (χ4v) is 4.44. The maximum absolute atomic E-state index is 13.2. The Kier molecular flexibility index (Phi) is 4.48. The van der Waals surface area contributed by atoms with E-state index in [4.69, 9.17) is 9.47 Å². The summed E-state index contributed by atoms with van der Waals surface area (Å²) in [6.07, 6.45) is 1.60. The SMILES string of the molecule is CN(C)C(=O)C(C)(C)c1cc2cc(NC(=O)C3(c4ccc5c(c4)OCO5)CC3)ccc2[nH]1.[HH]. The second-order valence-corrected chi connectivity index (χ2v) is 9.41. The molecule has 32 heavy (non-hydrogen) atoms. The fourth-order valence-electron chi connectivity index (χ4n) is 4.44. The van der Waals surface area contributed by atoms with Crippen LogP contribution in [0, 0.1) is 0 Å². The first-order valence-electron chi connectivity index (χ1n) is 10.8. The van der Waals surface area contributed by atoms with Gasteiger partial charge in [0, 0.05) is 37.8 Å². The van der Waals surface area contributed by atoms with Gasteiger partial charge >= 0.3 is 0 Å². The van der Waals surface area contributed by atoms with Crippen LogP contribution >= 0.6 is 0 Å². The molecule has 0 saturated heterocycles. The van der Waals surface area contributed by atoms with Crippen LogP contribution in [0.15, 0.2) is 42.5 Å². The van der Waals surface area contributed by atoms with Gasteiger partial charge in [-0.15, -0.1) is 0 Å². The Morgan fingerprint density at radius 2 is 1.81 bits per heavy atom. The zero-order chi connectivity index (χ0) is 22.7. The average Bonchev–Trinajstić information content (AvgIpc) is 3.25. The third-order valence-corrected chi connectivity index (χ3v) is 6.60. The number of benzene rings is 2. The number of aromatic nitrogens is 1. The molecule has 0 spiro atoms. The average molecular weight is 436 g/mol. The fraction of sp³-hybridized carbons (Fsp3) is 0.360. The smallest absolute Gasteiger partial charge is 0.235 e. The van der Waals surface area contributed by atoms with Crippen molar-refractivity contribution in [3.63, 3.8) is 0 Å². The first-order chi connectivity index (χ1) is 15.2. The van der Waals surface area contributed by atoms with Crippen LogP contribution in [0.5, 0.6) is 11.5 Å². The highest BCUT2D eigenvalue weighted by Crippen LogP contribution is 2.51. The number of rotatable bonds is 5. The summed E-state index contributed by atoms with van der Waals surface area (Å²) in [6, 6.07) is 13.5. The van der Waals surface area contributed by atoms with Gasteiger partial charge in [-0.05, 0) is 68.7 Å². The standard InChI is InChI=1S/C25H27N3O4.H2/c1-24(2,23(30)28(3)4)21-12-15-11-17(6-7-18(15)27-21)26-22(29)25(9-10-25)16-5-8-19-20(13-16)32-14-31-19;/h5-8,11-13,27H,9-10,14H2,1-4H3,(H,26,29);1H. The third-order valence-electron chi connectivity index (χ3n) is 6.60. The second-order valence-electron chi connectivity index (χ2n) is 9.41. The van der Waals surface area contributed by atoms with Crippen molar-refractivity contribution in [3.05, 3.63) is 53.7 Å². The van der Waals surface area contributed by atoms with Gasteiger partial charge in [-0.3, -0.25) is 9.59 Å². The van der Waals surface area contributed by atoms with Gasteiger partial charge in [0.2, 0.25) is 18.6 Å². The monoisotopic (exact) mass is 435 g/mol. The number of nitrogens with zero attached hydrogens (tertiary/aromatic N) is 1. The lowest BCUT2D eigenvalue weighted by molar-refractivity contribution is -0.133. The van der Waals surface area contributed by atoms with Crippen molar-refractivity contribution in [2.24, 2.45) is 0 Å². The molecular formula is C25H29N3O4. The summed E-state index contributed by atoms with van der Waals surface area (Å²) in [7, 11) is 3.52.